The van der Waals surface area contributed by atoms with Gasteiger partial charge < -0.3 is 15.5 Å². The zero-order valence-corrected chi connectivity index (χ0v) is 20.5. The zero-order valence-electron chi connectivity index (χ0n) is 20.5. The number of nitrogens with one attached hydrogen (secondary N) is 1. The molecule has 0 aliphatic carbocycles. The molecule has 4 atom stereocenters. The molecule has 0 bridgehead atoms. The molecule has 0 saturated carbocycles. The second-order valence-electron chi connectivity index (χ2n) is 9.40. The smallest absolute Gasteiger partial charge is 0.326 e. The molecule has 0 heterocycles. The lowest BCUT2D eigenvalue weighted by Gasteiger charge is -2.33. The Hall–Kier alpha value is -2.45. The summed E-state index contributed by atoms with van der Waals surface area (Å²) >= 11 is 0. The Morgan fingerprint density at radius 2 is 1.64 bits per heavy atom. The highest BCUT2D eigenvalue weighted by Crippen LogP contribution is 2.21. The van der Waals surface area contributed by atoms with Crippen molar-refractivity contribution in [2.75, 3.05) is 0 Å². The predicted molar refractivity (Wildman–Crippen MR) is 128 cm³/mol. The van der Waals surface area contributed by atoms with Crippen LogP contribution in [-0.4, -0.2) is 51.2 Å². The molecule has 186 valence electrons. The van der Waals surface area contributed by atoms with Gasteiger partial charge in [-0.25, -0.2) is 10.6 Å². The van der Waals surface area contributed by atoms with Crippen LogP contribution in [0.25, 0.3) is 0 Å². The number of aliphatic carboxylic acids is 1. The second-order valence-corrected chi connectivity index (χ2v) is 9.40. The highest BCUT2D eigenvalue weighted by atomic mass is 16.4. The van der Waals surface area contributed by atoms with Crippen molar-refractivity contribution in [2.24, 2.45) is 23.6 Å². The summed E-state index contributed by atoms with van der Waals surface area (Å²) in [4.78, 5) is 37.7. The maximum atomic E-state index is 13.2. The van der Waals surface area contributed by atoms with Crippen molar-refractivity contribution < 1.29 is 24.6 Å². The monoisotopic (exact) mass is 463 g/mol. The first-order valence-electron chi connectivity index (χ1n) is 11.8. The van der Waals surface area contributed by atoms with Gasteiger partial charge in [0.15, 0.2) is 0 Å². The number of hydrogen-bond donors (Lipinski definition) is 4. The first kappa shape index (κ1) is 28.6. The lowest BCUT2D eigenvalue weighted by molar-refractivity contribution is -0.149. The van der Waals surface area contributed by atoms with Crippen LogP contribution in [0.2, 0.25) is 0 Å². The van der Waals surface area contributed by atoms with Crippen molar-refractivity contribution >= 4 is 17.8 Å². The third-order valence-corrected chi connectivity index (χ3v) is 5.84. The summed E-state index contributed by atoms with van der Waals surface area (Å²) in [5, 5.41) is 23.4. The van der Waals surface area contributed by atoms with E-state index < -0.39 is 41.9 Å². The Morgan fingerprint density at radius 3 is 2.12 bits per heavy atom. The second kappa shape index (κ2) is 14.0. The number of aliphatic hydroxyl groups excluding tert-OH is 1. The number of nitrogens with two attached hydrogens (primary N) is 1. The quantitative estimate of drug-likeness (QED) is 0.190. The summed E-state index contributed by atoms with van der Waals surface area (Å²) in [6.45, 7) is 8.86. The highest BCUT2D eigenvalue weighted by Gasteiger charge is 2.36. The topological polar surface area (TPSA) is 133 Å². The van der Waals surface area contributed by atoms with Crippen LogP contribution < -0.4 is 11.2 Å². The summed E-state index contributed by atoms with van der Waals surface area (Å²) in [7, 11) is 0. The largest absolute Gasteiger partial charge is 0.480 e. The van der Waals surface area contributed by atoms with Crippen LogP contribution in [0.5, 0.6) is 0 Å². The fraction of sp³-hybridized carbons (Fsp3) is 0.640. The van der Waals surface area contributed by atoms with Gasteiger partial charge in [0.05, 0.1) is 6.10 Å². The summed E-state index contributed by atoms with van der Waals surface area (Å²) < 4.78 is 0. The minimum Gasteiger partial charge on any atom is -0.480 e. The zero-order chi connectivity index (χ0) is 25.1. The third kappa shape index (κ3) is 9.14. The van der Waals surface area contributed by atoms with Gasteiger partial charge in [-0.15, -0.1) is 0 Å². The van der Waals surface area contributed by atoms with E-state index in [0.717, 1.165) is 17.0 Å². The summed E-state index contributed by atoms with van der Waals surface area (Å²) in [6.07, 6.45) is 2.05. The average molecular weight is 464 g/mol. The number of carbonyl (C=O) groups is 3. The number of carboxylic acid groups (broad SMARTS) is 1. The van der Waals surface area contributed by atoms with Crippen molar-refractivity contribution in [2.45, 2.75) is 84.9 Å². The summed E-state index contributed by atoms with van der Waals surface area (Å²) in [5.74, 6) is 2.83. The van der Waals surface area contributed by atoms with Crippen molar-refractivity contribution in [3.05, 3.63) is 35.9 Å². The number of aryl methyl sites for hydroxylation is 1. The predicted octanol–water partition coefficient (Wildman–Crippen LogP) is 2.74. The van der Waals surface area contributed by atoms with Gasteiger partial charge in [-0.05, 0) is 43.1 Å². The first-order valence-corrected chi connectivity index (χ1v) is 11.8. The molecule has 0 aliphatic heterocycles. The van der Waals surface area contributed by atoms with E-state index in [0.29, 0.717) is 19.3 Å². The fourth-order valence-corrected chi connectivity index (χ4v) is 3.97. The van der Waals surface area contributed by atoms with Gasteiger partial charge >= 0.3 is 5.97 Å². The minimum absolute atomic E-state index is 0.253. The fourth-order valence-electron chi connectivity index (χ4n) is 3.97. The molecule has 1 aromatic rings. The van der Waals surface area contributed by atoms with E-state index in [1.165, 1.54) is 0 Å². The van der Waals surface area contributed by atoms with Crippen molar-refractivity contribution in [1.29, 1.82) is 0 Å². The number of hydrogen-bond acceptors (Lipinski definition) is 5. The molecular weight excluding hydrogens is 422 g/mol. The number of hydrazine groups is 1. The lowest BCUT2D eigenvalue weighted by Crippen LogP contribution is -2.59. The van der Waals surface area contributed by atoms with Crippen LogP contribution in [0.1, 0.15) is 65.9 Å². The Labute approximate surface area is 197 Å². The molecular formula is C25H41N3O5. The molecule has 0 saturated heterocycles. The van der Waals surface area contributed by atoms with Crippen molar-refractivity contribution in [3.63, 3.8) is 0 Å². The van der Waals surface area contributed by atoms with Crippen molar-refractivity contribution in [3.8, 4) is 0 Å². The standard InChI is InChI=1S/C25H41N3O5/c1-6-10-19(15-20(29)14-13-18-11-8-7-9-12-18)24(31)28(26)22(17(4)5)23(30)27-21(16(2)3)25(32)33/h7-9,11-12,16-17,19-22,29H,6,10,13-15,26H2,1-5H3,(H,27,30)(H,32,33)/t19?,20?,21-,22-/m0/s1. The number of benzene rings is 1. The van der Waals surface area contributed by atoms with Crippen LogP contribution in [-0.2, 0) is 20.8 Å². The molecule has 1 aromatic carbocycles. The van der Waals surface area contributed by atoms with E-state index >= 15 is 0 Å². The molecule has 33 heavy (non-hydrogen) atoms. The number of carbonyl (C=O) groups excluding carboxylic acids is 2. The molecule has 1 rings (SSSR count). The van der Waals surface area contributed by atoms with Crippen LogP contribution >= 0.6 is 0 Å². The molecule has 0 radical (unpaired) electrons. The summed E-state index contributed by atoms with van der Waals surface area (Å²) in [6, 6.07) is 7.73. The summed E-state index contributed by atoms with van der Waals surface area (Å²) in [5.41, 5.74) is 1.12. The average Bonchev–Trinajstić information content (AvgIpc) is 2.75. The van der Waals surface area contributed by atoms with Gasteiger partial charge in [0.25, 0.3) is 0 Å². The van der Waals surface area contributed by atoms with E-state index in [4.69, 9.17) is 5.84 Å². The van der Waals surface area contributed by atoms with Gasteiger partial charge in [-0.2, -0.15) is 0 Å². The maximum Gasteiger partial charge on any atom is 0.326 e. The molecule has 5 N–H and O–H groups in total. The van der Waals surface area contributed by atoms with Crippen molar-refractivity contribution in [1.82, 2.24) is 10.3 Å². The molecule has 0 aromatic heterocycles. The van der Waals surface area contributed by atoms with E-state index in [9.17, 15) is 24.6 Å². The van der Waals surface area contributed by atoms with Gasteiger partial charge in [0.1, 0.15) is 12.1 Å². The van der Waals surface area contributed by atoms with Gasteiger partial charge in [0, 0.05) is 5.92 Å². The van der Waals surface area contributed by atoms with Crippen LogP contribution in [0.3, 0.4) is 0 Å². The van der Waals surface area contributed by atoms with Crippen LogP contribution in [0, 0.1) is 17.8 Å². The lowest BCUT2D eigenvalue weighted by atomic mass is 9.91. The third-order valence-electron chi connectivity index (χ3n) is 5.84. The first-order chi connectivity index (χ1) is 15.5. The number of carboxylic acids is 1. The van der Waals surface area contributed by atoms with E-state index in [-0.39, 0.29) is 18.3 Å². The minimum atomic E-state index is -1.14. The number of nitrogens with zero attached hydrogens (tertiary/aromatic N) is 1. The number of aliphatic hydroxyl groups is 1. The van der Waals surface area contributed by atoms with E-state index in [1.807, 2.05) is 37.3 Å². The normalized spacial score (nSPS) is 15.1. The number of rotatable bonds is 14. The molecule has 0 spiro atoms. The van der Waals surface area contributed by atoms with Gasteiger partial charge in [0.2, 0.25) is 11.8 Å². The maximum absolute atomic E-state index is 13.2. The van der Waals surface area contributed by atoms with Gasteiger partial charge in [-0.3, -0.25) is 14.6 Å². The molecule has 8 nitrogen and oxygen atoms in total. The Kier molecular flexibility index (Phi) is 12.1. The van der Waals surface area contributed by atoms with E-state index in [1.54, 1.807) is 27.7 Å². The Balaban J connectivity index is 2.89. The highest BCUT2D eigenvalue weighted by molar-refractivity contribution is 5.91. The molecule has 0 fully saturated rings. The van der Waals surface area contributed by atoms with Crippen LogP contribution in [0.15, 0.2) is 30.3 Å². The molecule has 2 amide bonds. The molecule has 8 heteroatoms. The number of amides is 2. The SMILES string of the molecule is CCCC(CC(O)CCc1ccccc1)C(=O)N(N)[C@H](C(=O)N[C@H](C(=O)O)C(C)C)C(C)C. The molecule has 2 unspecified atom stereocenters. The molecule has 0 aliphatic rings. The van der Waals surface area contributed by atoms with Crippen LogP contribution in [0.4, 0.5) is 0 Å². The Bertz CT molecular complexity index is 754. The van der Waals surface area contributed by atoms with Gasteiger partial charge in [-0.1, -0.05) is 71.4 Å². The Morgan fingerprint density at radius 1 is 1.03 bits per heavy atom. The van der Waals surface area contributed by atoms with E-state index in [2.05, 4.69) is 5.32 Å².